The molecule has 0 fully saturated rings. The number of hydrogen-bond acceptors (Lipinski definition) is 1. The van der Waals surface area contributed by atoms with Crippen molar-refractivity contribution in [3.63, 3.8) is 0 Å². The van der Waals surface area contributed by atoms with Crippen molar-refractivity contribution in [3.05, 3.63) is 77.1 Å². The molecular formula is C23H24N. The first-order valence-electron chi connectivity index (χ1n) is 8.65. The molecule has 1 nitrogen and oxygen atoms in total. The maximum absolute atomic E-state index is 4.58. The zero-order valence-corrected chi connectivity index (χ0v) is 15.0. The molecule has 1 heterocycles. The van der Waals surface area contributed by atoms with Gasteiger partial charge in [-0.1, -0.05) is 73.0 Å². The van der Waals surface area contributed by atoms with Gasteiger partial charge in [0.05, 0.1) is 6.20 Å². The van der Waals surface area contributed by atoms with E-state index in [1.807, 2.05) is 0 Å². The zero-order chi connectivity index (χ0) is 17.1. The highest BCUT2D eigenvalue weighted by Gasteiger charge is 2.16. The summed E-state index contributed by atoms with van der Waals surface area (Å²) in [4.78, 5) is 4.58. The van der Waals surface area contributed by atoms with Gasteiger partial charge in [-0.05, 0) is 49.4 Å². The highest BCUT2D eigenvalue weighted by Crippen LogP contribution is 2.37. The third-order valence-corrected chi connectivity index (χ3v) is 4.45. The Morgan fingerprint density at radius 2 is 1.25 bits per heavy atom. The fraction of sp³-hybridized carbons (Fsp3) is 0.261. The molecule has 0 unspecified atom stereocenters. The van der Waals surface area contributed by atoms with Crippen LogP contribution in [0.4, 0.5) is 0 Å². The van der Waals surface area contributed by atoms with Crippen LogP contribution in [0, 0.1) is 27.0 Å². The summed E-state index contributed by atoms with van der Waals surface area (Å²) in [5, 5.41) is 0. The van der Waals surface area contributed by atoms with Gasteiger partial charge >= 0.3 is 0 Å². The molecule has 0 saturated carbocycles. The summed E-state index contributed by atoms with van der Waals surface area (Å²) < 4.78 is 0. The SMILES string of the molecule is CCCc1[c]nc(C)c(-c2ccc(C)cc2)c1-c1ccc(C)cc1. The number of rotatable bonds is 4. The van der Waals surface area contributed by atoms with Gasteiger partial charge in [0.2, 0.25) is 0 Å². The lowest BCUT2D eigenvalue weighted by Crippen LogP contribution is -1.99. The van der Waals surface area contributed by atoms with Crippen molar-refractivity contribution in [2.75, 3.05) is 0 Å². The summed E-state index contributed by atoms with van der Waals surface area (Å²) in [7, 11) is 0. The molecule has 0 aliphatic heterocycles. The van der Waals surface area contributed by atoms with Gasteiger partial charge in [0.25, 0.3) is 0 Å². The Bertz CT molecular complexity index is 827. The Morgan fingerprint density at radius 3 is 1.75 bits per heavy atom. The van der Waals surface area contributed by atoms with Gasteiger partial charge in [0, 0.05) is 11.3 Å². The van der Waals surface area contributed by atoms with E-state index in [4.69, 9.17) is 0 Å². The van der Waals surface area contributed by atoms with Crippen LogP contribution in [0.15, 0.2) is 48.5 Å². The van der Waals surface area contributed by atoms with Crippen molar-refractivity contribution in [2.24, 2.45) is 0 Å². The van der Waals surface area contributed by atoms with Crippen LogP contribution in [0.25, 0.3) is 22.3 Å². The number of pyridine rings is 1. The summed E-state index contributed by atoms with van der Waals surface area (Å²) in [6.45, 7) is 8.54. The fourth-order valence-corrected chi connectivity index (χ4v) is 3.14. The molecule has 3 rings (SSSR count). The standard InChI is InChI=1S/C23H24N/c1-5-6-21-15-24-18(4)22(19-11-7-16(2)8-12-19)23(21)20-13-9-17(3)10-14-20/h7-14H,5-6H2,1-4H3. The van der Waals surface area contributed by atoms with Crippen LogP contribution in [-0.4, -0.2) is 4.98 Å². The lowest BCUT2D eigenvalue weighted by atomic mass is 9.88. The van der Waals surface area contributed by atoms with Crippen LogP contribution < -0.4 is 0 Å². The van der Waals surface area contributed by atoms with Gasteiger partial charge in [-0.25, -0.2) is 0 Å². The first-order chi connectivity index (χ1) is 11.6. The van der Waals surface area contributed by atoms with E-state index in [0.29, 0.717) is 0 Å². The highest BCUT2D eigenvalue weighted by molar-refractivity contribution is 5.86. The van der Waals surface area contributed by atoms with Crippen LogP contribution in [0.1, 0.15) is 35.7 Å². The minimum absolute atomic E-state index is 0.995. The second-order valence-electron chi connectivity index (χ2n) is 6.52. The number of hydrogen-bond donors (Lipinski definition) is 0. The van der Waals surface area contributed by atoms with Crippen molar-refractivity contribution in [3.8, 4) is 22.3 Å². The van der Waals surface area contributed by atoms with Crippen LogP contribution in [-0.2, 0) is 6.42 Å². The van der Waals surface area contributed by atoms with E-state index >= 15 is 0 Å². The first kappa shape index (κ1) is 16.4. The van der Waals surface area contributed by atoms with Crippen molar-refractivity contribution < 1.29 is 0 Å². The van der Waals surface area contributed by atoms with Gasteiger partial charge < -0.3 is 0 Å². The Morgan fingerprint density at radius 1 is 0.750 bits per heavy atom. The molecule has 0 N–H and O–H groups in total. The summed E-state index contributed by atoms with van der Waals surface area (Å²) in [5.41, 5.74) is 9.81. The lowest BCUT2D eigenvalue weighted by Gasteiger charge is -2.17. The molecule has 0 amide bonds. The molecule has 3 aromatic rings. The zero-order valence-electron chi connectivity index (χ0n) is 15.0. The van der Waals surface area contributed by atoms with Crippen LogP contribution >= 0.6 is 0 Å². The Kier molecular flexibility index (Phi) is 4.80. The quantitative estimate of drug-likeness (QED) is 0.567. The third kappa shape index (κ3) is 3.26. The molecule has 0 aliphatic carbocycles. The average Bonchev–Trinajstić information content (AvgIpc) is 2.58. The van der Waals surface area contributed by atoms with E-state index in [-0.39, 0.29) is 0 Å². The maximum atomic E-state index is 4.58. The topological polar surface area (TPSA) is 12.9 Å². The molecule has 0 atom stereocenters. The smallest absolute Gasteiger partial charge is 0.0931 e. The molecule has 1 aromatic heterocycles. The van der Waals surface area contributed by atoms with Gasteiger partial charge in [-0.15, -0.1) is 0 Å². The monoisotopic (exact) mass is 314 g/mol. The number of aromatic nitrogens is 1. The summed E-state index contributed by atoms with van der Waals surface area (Å²) in [6.07, 6.45) is 5.38. The van der Waals surface area contributed by atoms with E-state index in [9.17, 15) is 0 Å². The molecule has 0 aliphatic rings. The molecule has 0 spiro atoms. The minimum atomic E-state index is 0.995. The summed E-state index contributed by atoms with van der Waals surface area (Å²) in [5.74, 6) is 0. The van der Waals surface area contributed by atoms with Crippen LogP contribution in [0.5, 0.6) is 0 Å². The number of nitrogens with zero attached hydrogens (tertiary/aromatic N) is 1. The molecule has 1 heteroatoms. The Labute approximate surface area is 145 Å². The molecule has 1 radical (unpaired) electrons. The third-order valence-electron chi connectivity index (χ3n) is 4.45. The van der Waals surface area contributed by atoms with Crippen molar-refractivity contribution in [1.82, 2.24) is 4.98 Å². The molecule has 24 heavy (non-hydrogen) atoms. The number of benzene rings is 2. The van der Waals surface area contributed by atoms with E-state index < -0.39 is 0 Å². The Hall–Kier alpha value is -2.41. The van der Waals surface area contributed by atoms with E-state index in [2.05, 4.69) is 87.4 Å². The second-order valence-corrected chi connectivity index (χ2v) is 6.52. The van der Waals surface area contributed by atoms with Crippen LogP contribution in [0.3, 0.4) is 0 Å². The largest absolute Gasteiger partial charge is 0.250 e. The van der Waals surface area contributed by atoms with E-state index in [0.717, 1.165) is 18.5 Å². The van der Waals surface area contributed by atoms with E-state index in [1.54, 1.807) is 0 Å². The maximum Gasteiger partial charge on any atom is 0.0931 e. The van der Waals surface area contributed by atoms with Gasteiger partial charge in [0.1, 0.15) is 0 Å². The van der Waals surface area contributed by atoms with Gasteiger partial charge in [-0.2, -0.15) is 0 Å². The van der Waals surface area contributed by atoms with Crippen molar-refractivity contribution >= 4 is 0 Å². The second kappa shape index (κ2) is 7.00. The first-order valence-corrected chi connectivity index (χ1v) is 8.65. The van der Waals surface area contributed by atoms with Crippen molar-refractivity contribution in [1.29, 1.82) is 0 Å². The summed E-state index contributed by atoms with van der Waals surface area (Å²) >= 11 is 0. The van der Waals surface area contributed by atoms with Gasteiger partial charge in [0.15, 0.2) is 0 Å². The highest BCUT2D eigenvalue weighted by atomic mass is 14.7. The number of aryl methyl sites for hydroxylation is 4. The normalized spacial score (nSPS) is 10.8. The van der Waals surface area contributed by atoms with Gasteiger partial charge in [-0.3, -0.25) is 4.98 Å². The molecule has 121 valence electrons. The molecule has 2 aromatic carbocycles. The predicted molar refractivity (Wildman–Crippen MR) is 102 cm³/mol. The van der Waals surface area contributed by atoms with Crippen LogP contribution in [0.2, 0.25) is 0 Å². The predicted octanol–water partition coefficient (Wildman–Crippen LogP) is 6.09. The average molecular weight is 314 g/mol. The molecular weight excluding hydrogens is 290 g/mol. The minimum Gasteiger partial charge on any atom is -0.250 e. The fourth-order valence-electron chi connectivity index (χ4n) is 3.14. The van der Waals surface area contributed by atoms with E-state index in [1.165, 1.54) is 38.9 Å². The summed E-state index contributed by atoms with van der Waals surface area (Å²) in [6, 6.07) is 17.5. The lowest BCUT2D eigenvalue weighted by molar-refractivity contribution is 0.910. The molecule has 0 bridgehead atoms. The van der Waals surface area contributed by atoms with Crippen molar-refractivity contribution in [2.45, 2.75) is 40.5 Å². The molecule has 0 saturated heterocycles. The Balaban J connectivity index is 2.28.